The number of phenols is 1. The van der Waals surface area contributed by atoms with Gasteiger partial charge in [-0.25, -0.2) is 0 Å². The predicted octanol–water partition coefficient (Wildman–Crippen LogP) is 1.80. The van der Waals surface area contributed by atoms with Crippen molar-refractivity contribution in [2.45, 2.75) is 26.4 Å². The molecule has 0 aliphatic carbocycles. The van der Waals surface area contributed by atoms with Crippen LogP contribution in [0.15, 0.2) is 18.2 Å². The fourth-order valence-corrected chi connectivity index (χ4v) is 1.14. The summed E-state index contributed by atoms with van der Waals surface area (Å²) in [6, 6.07) is 4.28. The molecule has 0 bridgehead atoms. The molecule has 1 aromatic rings. The van der Waals surface area contributed by atoms with Crippen LogP contribution in [-0.4, -0.2) is 16.1 Å². The highest BCUT2D eigenvalue weighted by Gasteiger charge is 2.09. The molecular formula is C10H14N2O3. The first-order chi connectivity index (χ1) is 7.00. The number of rotatable bonds is 4. The number of nitro groups is 1. The average molecular weight is 210 g/mol. The third kappa shape index (κ3) is 3.21. The molecule has 82 valence electrons. The second-order valence-corrected chi connectivity index (χ2v) is 3.61. The average Bonchev–Trinajstić information content (AvgIpc) is 2.16. The molecule has 5 heteroatoms. The lowest BCUT2D eigenvalue weighted by atomic mass is 10.1. The van der Waals surface area contributed by atoms with E-state index in [1.54, 1.807) is 0 Å². The van der Waals surface area contributed by atoms with Gasteiger partial charge in [0.25, 0.3) is 5.69 Å². The maximum absolute atomic E-state index is 10.5. The third-order valence-electron chi connectivity index (χ3n) is 1.97. The summed E-state index contributed by atoms with van der Waals surface area (Å²) in [5.41, 5.74) is 0.534. The summed E-state index contributed by atoms with van der Waals surface area (Å²) in [4.78, 5) is 10.0. The van der Waals surface area contributed by atoms with Gasteiger partial charge in [-0.2, -0.15) is 0 Å². The molecule has 2 N–H and O–H groups in total. The van der Waals surface area contributed by atoms with E-state index in [4.69, 9.17) is 0 Å². The van der Waals surface area contributed by atoms with E-state index in [9.17, 15) is 15.2 Å². The van der Waals surface area contributed by atoms with E-state index in [2.05, 4.69) is 5.32 Å². The van der Waals surface area contributed by atoms with Gasteiger partial charge in [0.1, 0.15) is 5.75 Å². The van der Waals surface area contributed by atoms with E-state index in [-0.39, 0.29) is 17.5 Å². The molecule has 0 saturated carbocycles. The van der Waals surface area contributed by atoms with Crippen molar-refractivity contribution < 1.29 is 10.0 Å². The first-order valence-corrected chi connectivity index (χ1v) is 4.70. The second-order valence-electron chi connectivity index (χ2n) is 3.61. The van der Waals surface area contributed by atoms with Gasteiger partial charge in [0.2, 0.25) is 0 Å². The Morgan fingerprint density at radius 3 is 2.73 bits per heavy atom. The lowest BCUT2D eigenvalue weighted by Gasteiger charge is -2.09. The Morgan fingerprint density at radius 1 is 1.53 bits per heavy atom. The summed E-state index contributed by atoms with van der Waals surface area (Å²) in [6.45, 7) is 4.36. The molecule has 0 radical (unpaired) electrons. The molecule has 15 heavy (non-hydrogen) atoms. The van der Waals surface area contributed by atoms with Gasteiger partial charge in [-0.15, -0.1) is 0 Å². The molecule has 1 rings (SSSR count). The fourth-order valence-electron chi connectivity index (χ4n) is 1.14. The van der Waals surface area contributed by atoms with Gasteiger partial charge in [-0.1, -0.05) is 13.8 Å². The summed E-state index contributed by atoms with van der Waals surface area (Å²) in [5.74, 6) is 0.0775. The molecule has 1 aromatic carbocycles. The Morgan fingerprint density at radius 2 is 2.20 bits per heavy atom. The van der Waals surface area contributed by atoms with Crippen molar-refractivity contribution in [3.8, 4) is 5.75 Å². The highest BCUT2D eigenvalue weighted by molar-refractivity contribution is 5.42. The van der Waals surface area contributed by atoms with Crippen molar-refractivity contribution >= 4 is 5.69 Å². The highest BCUT2D eigenvalue weighted by Crippen LogP contribution is 2.22. The van der Waals surface area contributed by atoms with Crippen LogP contribution in [0.2, 0.25) is 0 Å². The summed E-state index contributed by atoms with van der Waals surface area (Å²) >= 11 is 0. The first-order valence-electron chi connectivity index (χ1n) is 4.70. The van der Waals surface area contributed by atoms with Crippen LogP contribution in [0.5, 0.6) is 5.75 Å². The minimum atomic E-state index is -0.474. The van der Waals surface area contributed by atoms with E-state index in [0.717, 1.165) is 0 Å². The van der Waals surface area contributed by atoms with E-state index in [1.165, 1.54) is 18.2 Å². The molecule has 0 atom stereocenters. The lowest BCUT2D eigenvalue weighted by Crippen LogP contribution is -2.21. The van der Waals surface area contributed by atoms with Crippen molar-refractivity contribution in [2.24, 2.45) is 0 Å². The Labute approximate surface area is 87.9 Å². The van der Waals surface area contributed by atoms with Crippen molar-refractivity contribution in [3.05, 3.63) is 33.9 Å². The lowest BCUT2D eigenvalue weighted by molar-refractivity contribution is -0.384. The quantitative estimate of drug-likeness (QED) is 0.587. The van der Waals surface area contributed by atoms with Gasteiger partial charge in [0, 0.05) is 30.3 Å². The summed E-state index contributed by atoms with van der Waals surface area (Å²) in [7, 11) is 0. The number of non-ortho nitro benzene ring substituents is 1. The van der Waals surface area contributed by atoms with Gasteiger partial charge in [0.05, 0.1) is 4.92 Å². The molecule has 0 unspecified atom stereocenters. The molecule has 0 saturated heterocycles. The zero-order chi connectivity index (χ0) is 11.4. The second kappa shape index (κ2) is 4.75. The number of benzene rings is 1. The standard InChI is InChI=1S/C10H14N2O3/c1-7(2)11-6-8-5-9(12(14)15)3-4-10(8)13/h3-5,7,11,13H,6H2,1-2H3. The maximum atomic E-state index is 10.5. The molecule has 0 aliphatic rings. The molecule has 0 aliphatic heterocycles. The fraction of sp³-hybridized carbons (Fsp3) is 0.400. The van der Waals surface area contributed by atoms with Crippen molar-refractivity contribution in [2.75, 3.05) is 0 Å². The Kier molecular flexibility index (Phi) is 3.62. The van der Waals surface area contributed by atoms with E-state index >= 15 is 0 Å². The molecule has 0 heterocycles. The molecule has 0 spiro atoms. The zero-order valence-corrected chi connectivity index (χ0v) is 8.73. The number of hydrogen-bond acceptors (Lipinski definition) is 4. The zero-order valence-electron chi connectivity index (χ0n) is 8.73. The van der Waals surface area contributed by atoms with Crippen LogP contribution in [0.1, 0.15) is 19.4 Å². The predicted molar refractivity (Wildman–Crippen MR) is 56.7 cm³/mol. The van der Waals surface area contributed by atoms with Crippen LogP contribution in [0, 0.1) is 10.1 Å². The molecule has 0 amide bonds. The SMILES string of the molecule is CC(C)NCc1cc([N+](=O)[O-])ccc1O. The van der Waals surface area contributed by atoms with Crippen LogP contribution >= 0.6 is 0 Å². The van der Waals surface area contributed by atoms with Crippen LogP contribution in [-0.2, 0) is 6.54 Å². The van der Waals surface area contributed by atoms with Gasteiger partial charge in [0.15, 0.2) is 0 Å². The molecular weight excluding hydrogens is 196 g/mol. The molecule has 0 fully saturated rings. The highest BCUT2D eigenvalue weighted by atomic mass is 16.6. The number of nitrogens with zero attached hydrogens (tertiary/aromatic N) is 1. The Bertz CT molecular complexity index is 364. The number of hydrogen-bond donors (Lipinski definition) is 2. The number of nitro benzene ring substituents is 1. The summed E-state index contributed by atoms with van der Waals surface area (Å²) in [6.07, 6.45) is 0. The van der Waals surface area contributed by atoms with Gasteiger partial charge < -0.3 is 10.4 Å². The maximum Gasteiger partial charge on any atom is 0.270 e. The number of phenolic OH excluding ortho intramolecular Hbond substituents is 1. The van der Waals surface area contributed by atoms with E-state index < -0.39 is 4.92 Å². The molecule has 5 nitrogen and oxygen atoms in total. The minimum absolute atomic E-state index is 0.00615. The van der Waals surface area contributed by atoms with Crippen LogP contribution in [0.3, 0.4) is 0 Å². The van der Waals surface area contributed by atoms with E-state index in [1.807, 2.05) is 13.8 Å². The Hall–Kier alpha value is -1.62. The monoisotopic (exact) mass is 210 g/mol. The largest absolute Gasteiger partial charge is 0.508 e. The summed E-state index contributed by atoms with van der Waals surface area (Å²) in [5, 5.41) is 23.1. The summed E-state index contributed by atoms with van der Waals surface area (Å²) < 4.78 is 0. The van der Waals surface area contributed by atoms with E-state index in [0.29, 0.717) is 12.1 Å². The third-order valence-corrected chi connectivity index (χ3v) is 1.97. The number of aromatic hydroxyl groups is 1. The van der Waals surface area contributed by atoms with Crippen molar-refractivity contribution in [3.63, 3.8) is 0 Å². The van der Waals surface area contributed by atoms with Crippen molar-refractivity contribution in [1.82, 2.24) is 5.32 Å². The van der Waals surface area contributed by atoms with Crippen LogP contribution in [0.25, 0.3) is 0 Å². The number of nitrogens with one attached hydrogen (secondary N) is 1. The van der Waals surface area contributed by atoms with Crippen LogP contribution < -0.4 is 5.32 Å². The normalized spacial score (nSPS) is 10.6. The smallest absolute Gasteiger partial charge is 0.270 e. The van der Waals surface area contributed by atoms with Crippen LogP contribution in [0.4, 0.5) is 5.69 Å². The van der Waals surface area contributed by atoms with Gasteiger partial charge in [-0.05, 0) is 6.07 Å². The topological polar surface area (TPSA) is 75.4 Å². The molecule has 0 aromatic heterocycles. The minimum Gasteiger partial charge on any atom is -0.508 e. The first kappa shape index (κ1) is 11.5. The van der Waals surface area contributed by atoms with Gasteiger partial charge in [-0.3, -0.25) is 10.1 Å². The Balaban J connectivity index is 2.85. The van der Waals surface area contributed by atoms with Crippen molar-refractivity contribution in [1.29, 1.82) is 0 Å². The van der Waals surface area contributed by atoms with Gasteiger partial charge >= 0.3 is 0 Å².